The highest BCUT2D eigenvalue weighted by Crippen LogP contribution is 2.24. The van der Waals surface area contributed by atoms with Crippen molar-refractivity contribution < 1.29 is 14.3 Å². The fourth-order valence-electron chi connectivity index (χ4n) is 2.42. The van der Waals surface area contributed by atoms with Crippen LogP contribution in [0.2, 0.25) is 0 Å². The highest BCUT2D eigenvalue weighted by molar-refractivity contribution is 6.00. The lowest BCUT2D eigenvalue weighted by Crippen LogP contribution is -2.24. The zero-order valence-electron chi connectivity index (χ0n) is 14.7. The molecular weight excluding hydrogens is 318 g/mol. The standard InChI is InChI=1S/C19H23N3O3/c1-12-7-8-15(16(9-12)22-17(23)10-20)21-18(24)11-25-19-13(2)5-4-6-14(19)3/h4-9H,10-11,20H2,1-3H3,(H,21,24)(H,22,23). The van der Waals surface area contributed by atoms with E-state index < -0.39 is 0 Å². The minimum atomic E-state index is -0.326. The van der Waals surface area contributed by atoms with E-state index in [9.17, 15) is 9.59 Å². The molecular formula is C19H23N3O3. The van der Waals surface area contributed by atoms with Gasteiger partial charge in [-0.05, 0) is 49.6 Å². The minimum Gasteiger partial charge on any atom is -0.483 e. The van der Waals surface area contributed by atoms with Gasteiger partial charge in [0.1, 0.15) is 5.75 Å². The number of anilines is 2. The van der Waals surface area contributed by atoms with E-state index in [2.05, 4.69) is 10.6 Å². The number of aryl methyl sites for hydroxylation is 3. The van der Waals surface area contributed by atoms with E-state index in [-0.39, 0.29) is 25.0 Å². The fourth-order valence-corrected chi connectivity index (χ4v) is 2.42. The van der Waals surface area contributed by atoms with Crippen LogP contribution in [-0.2, 0) is 9.59 Å². The molecule has 0 unspecified atom stereocenters. The van der Waals surface area contributed by atoms with Gasteiger partial charge in [0, 0.05) is 0 Å². The van der Waals surface area contributed by atoms with Gasteiger partial charge >= 0.3 is 0 Å². The summed E-state index contributed by atoms with van der Waals surface area (Å²) in [7, 11) is 0. The Hall–Kier alpha value is -2.86. The molecule has 0 saturated carbocycles. The summed E-state index contributed by atoms with van der Waals surface area (Å²) in [6, 6.07) is 11.2. The van der Waals surface area contributed by atoms with E-state index in [1.807, 2.05) is 45.0 Å². The number of nitrogens with two attached hydrogens (primary N) is 1. The van der Waals surface area contributed by atoms with Crippen LogP contribution >= 0.6 is 0 Å². The first-order valence-electron chi connectivity index (χ1n) is 8.00. The molecule has 0 heterocycles. The Labute approximate surface area is 147 Å². The van der Waals surface area contributed by atoms with Gasteiger partial charge in [-0.1, -0.05) is 24.3 Å². The van der Waals surface area contributed by atoms with Crippen molar-refractivity contribution in [3.8, 4) is 5.75 Å². The normalized spacial score (nSPS) is 10.2. The number of carbonyl (C=O) groups is 2. The molecule has 2 amide bonds. The number of hydrogen-bond acceptors (Lipinski definition) is 4. The zero-order valence-corrected chi connectivity index (χ0v) is 14.7. The third-order valence-corrected chi connectivity index (χ3v) is 3.67. The van der Waals surface area contributed by atoms with E-state index in [1.54, 1.807) is 12.1 Å². The van der Waals surface area contributed by atoms with Crippen LogP contribution in [0.4, 0.5) is 11.4 Å². The molecule has 0 aliphatic heterocycles. The summed E-state index contributed by atoms with van der Waals surface area (Å²) >= 11 is 0. The van der Waals surface area contributed by atoms with Crippen molar-refractivity contribution in [2.75, 3.05) is 23.8 Å². The Morgan fingerprint density at radius 3 is 2.24 bits per heavy atom. The van der Waals surface area contributed by atoms with Gasteiger partial charge < -0.3 is 21.1 Å². The molecule has 6 nitrogen and oxygen atoms in total. The van der Waals surface area contributed by atoms with Crippen LogP contribution in [0.15, 0.2) is 36.4 Å². The van der Waals surface area contributed by atoms with Crippen molar-refractivity contribution in [2.24, 2.45) is 5.73 Å². The lowest BCUT2D eigenvalue weighted by atomic mass is 10.1. The average molecular weight is 341 g/mol. The van der Waals surface area contributed by atoms with Gasteiger partial charge in [0.05, 0.1) is 17.9 Å². The molecule has 2 aromatic carbocycles. The molecule has 132 valence electrons. The van der Waals surface area contributed by atoms with Gasteiger partial charge in [0.15, 0.2) is 6.61 Å². The van der Waals surface area contributed by atoms with Crippen LogP contribution in [-0.4, -0.2) is 25.0 Å². The second kappa shape index (κ2) is 8.30. The maximum Gasteiger partial charge on any atom is 0.262 e. The summed E-state index contributed by atoms with van der Waals surface area (Å²) in [6.07, 6.45) is 0. The monoisotopic (exact) mass is 341 g/mol. The minimum absolute atomic E-state index is 0.121. The lowest BCUT2D eigenvalue weighted by Gasteiger charge is -2.14. The first-order valence-corrected chi connectivity index (χ1v) is 8.00. The van der Waals surface area contributed by atoms with E-state index in [0.29, 0.717) is 17.1 Å². The number of ether oxygens (including phenoxy) is 1. The van der Waals surface area contributed by atoms with E-state index in [4.69, 9.17) is 10.5 Å². The highest BCUT2D eigenvalue weighted by atomic mass is 16.5. The predicted molar refractivity (Wildman–Crippen MR) is 98.9 cm³/mol. The van der Waals surface area contributed by atoms with Crippen LogP contribution in [0.5, 0.6) is 5.75 Å². The van der Waals surface area contributed by atoms with Crippen molar-refractivity contribution in [3.05, 3.63) is 53.1 Å². The van der Waals surface area contributed by atoms with Gasteiger partial charge in [0.2, 0.25) is 5.91 Å². The molecule has 0 bridgehead atoms. The largest absolute Gasteiger partial charge is 0.483 e. The number of para-hydroxylation sites is 1. The van der Waals surface area contributed by atoms with Gasteiger partial charge in [0.25, 0.3) is 5.91 Å². The number of nitrogens with one attached hydrogen (secondary N) is 2. The van der Waals surface area contributed by atoms with Gasteiger partial charge in [-0.15, -0.1) is 0 Å². The van der Waals surface area contributed by atoms with Crippen LogP contribution in [0.25, 0.3) is 0 Å². The zero-order chi connectivity index (χ0) is 18.4. The molecule has 6 heteroatoms. The van der Waals surface area contributed by atoms with Gasteiger partial charge in [-0.2, -0.15) is 0 Å². The van der Waals surface area contributed by atoms with Crippen molar-refractivity contribution in [3.63, 3.8) is 0 Å². The summed E-state index contributed by atoms with van der Waals surface area (Å²) in [4.78, 5) is 23.8. The third kappa shape index (κ3) is 5.06. The molecule has 4 N–H and O–H groups in total. The van der Waals surface area contributed by atoms with Crippen molar-refractivity contribution in [1.29, 1.82) is 0 Å². The summed E-state index contributed by atoms with van der Waals surface area (Å²) < 4.78 is 5.65. The highest BCUT2D eigenvalue weighted by Gasteiger charge is 2.11. The molecule has 0 saturated heterocycles. The molecule has 0 atom stereocenters. The molecule has 0 fully saturated rings. The fraction of sp³-hybridized carbons (Fsp3) is 0.263. The molecule has 0 spiro atoms. The van der Waals surface area contributed by atoms with E-state index in [0.717, 1.165) is 16.7 Å². The number of rotatable bonds is 6. The molecule has 0 aliphatic rings. The topological polar surface area (TPSA) is 93.5 Å². The number of amides is 2. The molecule has 0 aliphatic carbocycles. The number of carbonyl (C=O) groups excluding carboxylic acids is 2. The summed E-state index contributed by atoms with van der Waals surface area (Å²) in [6.45, 7) is 5.51. The number of hydrogen-bond donors (Lipinski definition) is 3. The van der Waals surface area contributed by atoms with E-state index >= 15 is 0 Å². The number of benzene rings is 2. The lowest BCUT2D eigenvalue weighted by molar-refractivity contribution is -0.118. The Bertz CT molecular complexity index is 767. The smallest absolute Gasteiger partial charge is 0.262 e. The quantitative estimate of drug-likeness (QED) is 0.752. The Morgan fingerprint density at radius 1 is 0.960 bits per heavy atom. The summed E-state index contributed by atoms with van der Waals surface area (Å²) in [5, 5.41) is 5.44. The van der Waals surface area contributed by atoms with Crippen LogP contribution < -0.4 is 21.1 Å². The third-order valence-electron chi connectivity index (χ3n) is 3.67. The molecule has 0 aromatic heterocycles. The van der Waals surface area contributed by atoms with Gasteiger partial charge in [-0.3, -0.25) is 9.59 Å². The molecule has 2 rings (SSSR count). The van der Waals surface area contributed by atoms with Crippen LogP contribution in [0, 0.1) is 20.8 Å². The first-order chi connectivity index (χ1) is 11.9. The second-order valence-electron chi connectivity index (χ2n) is 5.86. The maximum atomic E-state index is 12.2. The van der Waals surface area contributed by atoms with Crippen molar-refractivity contribution >= 4 is 23.2 Å². The molecule has 2 aromatic rings. The Balaban J connectivity index is 2.06. The van der Waals surface area contributed by atoms with Crippen LogP contribution in [0.3, 0.4) is 0 Å². The first kappa shape index (κ1) is 18.5. The van der Waals surface area contributed by atoms with E-state index in [1.165, 1.54) is 0 Å². The predicted octanol–water partition coefficient (Wildman–Crippen LogP) is 2.53. The molecule has 0 radical (unpaired) electrons. The Morgan fingerprint density at radius 2 is 1.60 bits per heavy atom. The molecule has 25 heavy (non-hydrogen) atoms. The average Bonchev–Trinajstić information content (AvgIpc) is 2.56. The SMILES string of the molecule is Cc1ccc(NC(=O)COc2c(C)cccc2C)c(NC(=O)CN)c1. The van der Waals surface area contributed by atoms with Crippen molar-refractivity contribution in [2.45, 2.75) is 20.8 Å². The van der Waals surface area contributed by atoms with Crippen molar-refractivity contribution in [1.82, 2.24) is 0 Å². The maximum absolute atomic E-state index is 12.2. The summed E-state index contributed by atoms with van der Waals surface area (Å²) in [5.74, 6) is 0.0702. The Kier molecular flexibility index (Phi) is 6.14. The summed E-state index contributed by atoms with van der Waals surface area (Å²) in [5.41, 5.74) is 9.24. The van der Waals surface area contributed by atoms with Crippen LogP contribution in [0.1, 0.15) is 16.7 Å². The second-order valence-corrected chi connectivity index (χ2v) is 5.86. The van der Waals surface area contributed by atoms with Gasteiger partial charge in [-0.25, -0.2) is 0 Å².